The van der Waals surface area contributed by atoms with Crippen molar-refractivity contribution in [1.82, 2.24) is 25.5 Å². The first-order valence-corrected chi connectivity index (χ1v) is 6.54. The summed E-state index contributed by atoms with van der Waals surface area (Å²) in [6.07, 6.45) is 3.05. The van der Waals surface area contributed by atoms with Gasteiger partial charge in [0.1, 0.15) is 0 Å². The first-order valence-electron chi connectivity index (χ1n) is 6.54. The second kappa shape index (κ2) is 4.66. The van der Waals surface area contributed by atoms with Gasteiger partial charge in [0.15, 0.2) is 5.82 Å². The molecular formula is C12H21N5O. The second-order valence-corrected chi connectivity index (χ2v) is 5.65. The number of nitrogens with one attached hydrogen (secondary N) is 1. The van der Waals surface area contributed by atoms with Crippen LogP contribution in [0, 0.1) is 5.41 Å². The zero-order valence-electron chi connectivity index (χ0n) is 11.5. The van der Waals surface area contributed by atoms with Gasteiger partial charge in [0.05, 0.1) is 12.1 Å². The van der Waals surface area contributed by atoms with Gasteiger partial charge in [0, 0.05) is 5.41 Å². The molecule has 0 spiro atoms. The SMILES string of the molecule is CCC(C)(C)C(=O)N[C@@H](C)c1nnnn1C1CC1. The van der Waals surface area contributed by atoms with Crippen LogP contribution in [-0.2, 0) is 4.79 Å². The molecule has 1 amide bonds. The number of hydrogen-bond donors (Lipinski definition) is 1. The summed E-state index contributed by atoms with van der Waals surface area (Å²) in [6.45, 7) is 7.82. The van der Waals surface area contributed by atoms with Crippen LogP contribution in [0.2, 0.25) is 0 Å². The Kier molecular flexibility index (Phi) is 3.36. The van der Waals surface area contributed by atoms with Crippen molar-refractivity contribution in [1.29, 1.82) is 0 Å². The normalized spacial score (nSPS) is 17.6. The summed E-state index contributed by atoms with van der Waals surface area (Å²) < 4.78 is 1.84. The fourth-order valence-electron chi connectivity index (χ4n) is 1.68. The molecule has 6 heteroatoms. The number of carbonyl (C=O) groups excluding carboxylic acids is 1. The van der Waals surface area contributed by atoms with Crippen molar-refractivity contribution in [2.24, 2.45) is 5.41 Å². The molecule has 0 radical (unpaired) electrons. The Morgan fingerprint density at radius 3 is 2.78 bits per heavy atom. The second-order valence-electron chi connectivity index (χ2n) is 5.65. The third kappa shape index (κ3) is 2.52. The van der Waals surface area contributed by atoms with Crippen LogP contribution in [0.1, 0.15) is 64.9 Å². The van der Waals surface area contributed by atoms with E-state index in [2.05, 4.69) is 20.8 Å². The van der Waals surface area contributed by atoms with E-state index in [4.69, 9.17) is 0 Å². The molecule has 0 bridgehead atoms. The monoisotopic (exact) mass is 251 g/mol. The van der Waals surface area contributed by atoms with Crippen molar-refractivity contribution in [3.8, 4) is 0 Å². The van der Waals surface area contributed by atoms with E-state index in [1.165, 1.54) is 0 Å². The van der Waals surface area contributed by atoms with Gasteiger partial charge < -0.3 is 5.32 Å². The lowest BCUT2D eigenvalue weighted by atomic mass is 9.89. The lowest BCUT2D eigenvalue weighted by Crippen LogP contribution is -2.38. The number of nitrogens with zero attached hydrogens (tertiary/aromatic N) is 4. The maximum absolute atomic E-state index is 12.1. The summed E-state index contributed by atoms with van der Waals surface area (Å²) in [5, 5.41) is 14.7. The van der Waals surface area contributed by atoms with Gasteiger partial charge in [-0.1, -0.05) is 20.8 Å². The maximum Gasteiger partial charge on any atom is 0.226 e. The highest BCUT2D eigenvalue weighted by molar-refractivity contribution is 5.82. The van der Waals surface area contributed by atoms with Gasteiger partial charge in [0.2, 0.25) is 5.91 Å². The highest BCUT2D eigenvalue weighted by atomic mass is 16.2. The number of amides is 1. The lowest BCUT2D eigenvalue weighted by Gasteiger charge is -2.24. The van der Waals surface area contributed by atoms with Crippen molar-refractivity contribution < 1.29 is 4.79 Å². The zero-order chi connectivity index (χ0) is 13.3. The molecule has 0 saturated heterocycles. The topological polar surface area (TPSA) is 72.7 Å². The molecule has 1 saturated carbocycles. The summed E-state index contributed by atoms with van der Waals surface area (Å²) in [4.78, 5) is 12.1. The Morgan fingerprint density at radius 2 is 2.22 bits per heavy atom. The van der Waals surface area contributed by atoms with Gasteiger partial charge in [-0.05, 0) is 36.6 Å². The quantitative estimate of drug-likeness (QED) is 0.863. The smallest absolute Gasteiger partial charge is 0.226 e. The molecule has 2 rings (SSSR count). The number of hydrogen-bond acceptors (Lipinski definition) is 4. The summed E-state index contributed by atoms with van der Waals surface area (Å²) >= 11 is 0. The highest BCUT2D eigenvalue weighted by Crippen LogP contribution is 2.35. The van der Waals surface area contributed by atoms with E-state index in [1.807, 2.05) is 32.4 Å². The average molecular weight is 251 g/mol. The number of aromatic nitrogens is 4. The Bertz CT molecular complexity index is 435. The molecule has 1 atom stereocenters. The fourth-order valence-corrected chi connectivity index (χ4v) is 1.68. The molecule has 100 valence electrons. The molecule has 1 aromatic rings. The van der Waals surface area contributed by atoms with E-state index >= 15 is 0 Å². The van der Waals surface area contributed by atoms with Crippen molar-refractivity contribution in [3.05, 3.63) is 5.82 Å². The van der Waals surface area contributed by atoms with Gasteiger partial charge >= 0.3 is 0 Å². The first-order chi connectivity index (χ1) is 8.45. The van der Waals surface area contributed by atoms with Crippen molar-refractivity contribution >= 4 is 5.91 Å². The van der Waals surface area contributed by atoms with E-state index in [0.29, 0.717) is 6.04 Å². The van der Waals surface area contributed by atoms with Crippen LogP contribution in [0.25, 0.3) is 0 Å². The van der Waals surface area contributed by atoms with E-state index in [9.17, 15) is 4.79 Å². The van der Waals surface area contributed by atoms with Crippen molar-refractivity contribution in [2.45, 2.75) is 59.0 Å². The van der Waals surface area contributed by atoms with E-state index in [-0.39, 0.29) is 17.4 Å². The predicted molar refractivity (Wildman–Crippen MR) is 66.7 cm³/mol. The first kappa shape index (κ1) is 13.0. The van der Waals surface area contributed by atoms with Gasteiger partial charge in [-0.25, -0.2) is 4.68 Å². The minimum absolute atomic E-state index is 0.0443. The molecule has 0 unspecified atom stereocenters. The van der Waals surface area contributed by atoms with Crippen molar-refractivity contribution in [3.63, 3.8) is 0 Å². The minimum atomic E-state index is -0.355. The third-order valence-corrected chi connectivity index (χ3v) is 3.64. The van der Waals surface area contributed by atoms with Crippen molar-refractivity contribution in [2.75, 3.05) is 0 Å². The molecule has 1 heterocycles. The number of tetrazole rings is 1. The summed E-state index contributed by atoms with van der Waals surface area (Å²) in [6, 6.07) is 0.271. The molecule has 1 aliphatic carbocycles. The van der Waals surface area contributed by atoms with Gasteiger partial charge in [0.25, 0.3) is 0 Å². The Labute approximate surface area is 107 Å². The molecule has 0 aromatic carbocycles. The Balaban J connectivity index is 2.05. The molecule has 0 aliphatic heterocycles. The summed E-state index contributed by atoms with van der Waals surface area (Å²) in [5.41, 5.74) is -0.355. The van der Waals surface area contributed by atoms with Crippen LogP contribution >= 0.6 is 0 Å². The minimum Gasteiger partial charge on any atom is -0.346 e. The zero-order valence-corrected chi connectivity index (χ0v) is 11.5. The molecular weight excluding hydrogens is 230 g/mol. The largest absolute Gasteiger partial charge is 0.346 e. The molecule has 1 aromatic heterocycles. The summed E-state index contributed by atoms with van der Waals surface area (Å²) in [7, 11) is 0. The van der Waals surface area contributed by atoms with E-state index in [1.54, 1.807) is 0 Å². The molecule has 1 fully saturated rings. The summed E-state index contributed by atoms with van der Waals surface area (Å²) in [5.74, 6) is 0.792. The number of rotatable bonds is 5. The average Bonchev–Trinajstić information content (AvgIpc) is 3.06. The molecule has 6 nitrogen and oxygen atoms in total. The van der Waals surface area contributed by atoms with Gasteiger partial charge in [-0.2, -0.15) is 0 Å². The van der Waals surface area contributed by atoms with Crippen LogP contribution in [0.5, 0.6) is 0 Å². The third-order valence-electron chi connectivity index (χ3n) is 3.64. The standard InChI is InChI=1S/C12H21N5O/c1-5-12(3,4)11(18)13-8(2)10-14-15-16-17(10)9-6-7-9/h8-9H,5-7H2,1-4H3,(H,13,18)/t8-/m0/s1. The molecule has 1 aliphatic rings. The van der Waals surface area contributed by atoms with Crippen LogP contribution in [0.4, 0.5) is 0 Å². The highest BCUT2D eigenvalue weighted by Gasteiger charge is 2.32. The van der Waals surface area contributed by atoms with Gasteiger partial charge in [-0.3, -0.25) is 4.79 Å². The van der Waals surface area contributed by atoms with Crippen LogP contribution in [-0.4, -0.2) is 26.1 Å². The van der Waals surface area contributed by atoms with Crippen LogP contribution in [0.15, 0.2) is 0 Å². The molecule has 1 N–H and O–H groups in total. The predicted octanol–water partition coefficient (Wildman–Crippen LogP) is 1.62. The van der Waals surface area contributed by atoms with E-state index in [0.717, 1.165) is 25.1 Å². The van der Waals surface area contributed by atoms with E-state index < -0.39 is 0 Å². The van der Waals surface area contributed by atoms with Crippen LogP contribution < -0.4 is 5.32 Å². The lowest BCUT2D eigenvalue weighted by molar-refractivity contribution is -0.130. The number of carbonyl (C=O) groups is 1. The fraction of sp³-hybridized carbons (Fsp3) is 0.833. The van der Waals surface area contributed by atoms with Gasteiger partial charge in [-0.15, -0.1) is 5.10 Å². The Hall–Kier alpha value is -1.46. The maximum atomic E-state index is 12.1. The molecule has 18 heavy (non-hydrogen) atoms. The van der Waals surface area contributed by atoms with Crippen LogP contribution in [0.3, 0.4) is 0 Å². The Morgan fingerprint density at radius 1 is 1.56 bits per heavy atom.